The van der Waals surface area contributed by atoms with Crippen LogP contribution in [-0.2, 0) is 9.59 Å². The smallest absolute Gasteiger partial charge is 0.229 e. The van der Waals surface area contributed by atoms with Crippen LogP contribution in [0.3, 0.4) is 0 Å². The number of nitrogens with zero attached hydrogens (tertiary/aromatic N) is 1. The van der Waals surface area contributed by atoms with E-state index in [2.05, 4.69) is 5.32 Å². The lowest BCUT2D eigenvalue weighted by Gasteiger charge is -2.18. The Morgan fingerprint density at radius 3 is 2.61 bits per heavy atom. The van der Waals surface area contributed by atoms with E-state index in [-0.39, 0.29) is 18.2 Å². The van der Waals surface area contributed by atoms with E-state index >= 15 is 0 Å². The number of halogens is 1. The highest BCUT2D eigenvalue weighted by atomic mass is 35.5. The summed E-state index contributed by atoms with van der Waals surface area (Å²) in [5.74, 6) is 0.138. The van der Waals surface area contributed by atoms with Crippen molar-refractivity contribution in [3.05, 3.63) is 41.4 Å². The van der Waals surface area contributed by atoms with Gasteiger partial charge in [-0.05, 0) is 24.5 Å². The summed E-state index contributed by atoms with van der Waals surface area (Å²) in [6.45, 7) is 0.327. The predicted molar refractivity (Wildman–Crippen MR) is 112 cm³/mol. The Morgan fingerprint density at radius 2 is 1.93 bits per heavy atom. The lowest BCUT2D eigenvalue weighted by atomic mass is 10.1. The predicted octanol–water partition coefficient (Wildman–Crippen LogP) is 4.07. The number of methoxy groups -OCH3 is 2. The number of ether oxygens (including phenoxy) is 2. The Morgan fingerprint density at radius 1 is 1.21 bits per heavy atom. The number of thioether (sulfide) groups is 1. The molecule has 1 N–H and O–H groups in total. The maximum absolute atomic E-state index is 12.7. The van der Waals surface area contributed by atoms with Crippen molar-refractivity contribution in [2.45, 2.75) is 11.3 Å². The van der Waals surface area contributed by atoms with Gasteiger partial charge in [0.05, 0.1) is 30.8 Å². The second-order valence-corrected chi connectivity index (χ2v) is 7.57. The van der Waals surface area contributed by atoms with Gasteiger partial charge in [0.1, 0.15) is 0 Å². The molecule has 0 radical (unpaired) electrons. The van der Waals surface area contributed by atoms with Crippen molar-refractivity contribution < 1.29 is 19.1 Å². The van der Waals surface area contributed by atoms with Crippen LogP contribution in [0.25, 0.3) is 0 Å². The summed E-state index contributed by atoms with van der Waals surface area (Å²) in [6.07, 6.45) is 2.13. The van der Waals surface area contributed by atoms with Crippen molar-refractivity contribution in [3.8, 4) is 11.5 Å². The van der Waals surface area contributed by atoms with Crippen LogP contribution in [0.5, 0.6) is 11.5 Å². The number of rotatable bonds is 6. The summed E-state index contributed by atoms with van der Waals surface area (Å²) < 4.78 is 10.5. The number of carbonyl (C=O) groups excluding carboxylic acids is 2. The molecule has 8 heteroatoms. The number of hydrogen-bond donors (Lipinski definition) is 1. The van der Waals surface area contributed by atoms with Gasteiger partial charge >= 0.3 is 0 Å². The van der Waals surface area contributed by atoms with Gasteiger partial charge in [-0.1, -0.05) is 17.7 Å². The quantitative estimate of drug-likeness (QED) is 0.713. The summed E-state index contributed by atoms with van der Waals surface area (Å²) in [5, 5.41) is 3.14. The first kappa shape index (κ1) is 20.4. The van der Waals surface area contributed by atoms with Crippen LogP contribution in [0.2, 0.25) is 5.02 Å². The largest absolute Gasteiger partial charge is 0.493 e. The van der Waals surface area contributed by atoms with Gasteiger partial charge in [-0.25, -0.2) is 0 Å². The number of benzene rings is 2. The average Bonchev–Trinajstić information content (AvgIpc) is 3.11. The van der Waals surface area contributed by atoms with Crippen LogP contribution < -0.4 is 19.7 Å². The van der Waals surface area contributed by atoms with Gasteiger partial charge in [-0.2, -0.15) is 0 Å². The van der Waals surface area contributed by atoms with Gasteiger partial charge in [-0.15, -0.1) is 11.8 Å². The molecule has 0 spiro atoms. The number of carbonyl (C=O) groups is 2. The molecular formula is C20H21ClN2O4S. The Kier molecular flexibility index (Phi) is 6.36. The molecule has 1 saturated heterocycles. The lowest BCUT2D eigenvalue weighted by molar-refractivity contribution is -0.122. The van der Waals surface area contributed by atoms with Crippen LogP contribution in [0, 0.1) is 5.92 Å². The monoisotopic (exact) mass is 420 g/mol. The Labute approximate surface area is 173 Å². The second-order valence-electron chi connectivity index (χ2n) is 6.28. The summed E-state index contributed by atoms with van der Waals surface area (Å²) in [5.41, 5.74) is 1.22. The summed E-state index contributed by atoms with van der Waals surface area (Å²) in [7, 11) is 3.02. The van der Waals surface area contributed by atoms with Crippen molar-refractivity contribution >= 4 is 46.6 Å². The van der Waals surface area contributed by atoms with Crippen molar-refractivity contribution in [1.29, 1.82) is 0 Å². The van der Waals surface area contributed by atoms with E-state index in [0.717, 1.165) is 10.6 Å². The molecule has 0 aromatic heterocycles. The maximum Gasteiger partial charge on any atom is 0.229 e. The molecular weight excluding hydrogens is 400 g/mol. The van der Waals surface area contributed by atoms with Crippen molar-refractivity contribution in [1.82, 2.24) is 0 Å². The number of nitrogens with one attached hydrogen (secondary N) is 1. The Balaban J connectivity index is 1.75. The molecule has 0 saturated carbocycles. The second kappa shape index (κ2) is 8.75. The third kappa shape index (κ3) is 4.20. The van der Waals surface area contributed by atoms with E-state index in [1.165, 1.54) is 14.2 Å². The highest BCUT2D eigenvalue weighted by Crippen LogP contribution is 2.36. The zero-order valence-electron chi connectivity index (χ0n) is 15.8. The van der Waals surface area contributed by atoms with E-state index in [1.54, 1.807) is 28.8 Å². The van der Waals surface area contributed by atoms with Crippen LogP contribution in [0.4, 0.5) is 11.4 Å². The van der Waals surface area contributed by atoms with E-state index in [0.29, 0.717) is 28.8 Å². The average molecular weight is 421 g/mol. The summed E-state index contributed by atoms with van der Waals surface area (Å²) >= 11 is 7.85. The standard InChI is InChI=1S/C20H21ClN2O4S/c1-26-17-9-15(21)16(10-18(17)27-2)22-20(25)12-7-19(24)23(11-12)13-5-4-6-14(8-13)28-3/h4-6,8-10,12H,7,11H2,1-3H3,(H,22,25). The van der Waals surface area contributed by atoms with Crippen LogP contribution in [0.1, 0.15) is 6.42 Å². The molecule has 1 aliphatic rings. The van der Waals surface area contributed by atoms with Crippen molar-refractivity contribution in [2.24, 2.45) is 5.92 Å². The SMILES string of the molecule is COc1cc(Cl)c(NC(=O)C2CC(=O)N(c3cccc(SC)c3)C2)cc1OC. The molecule has 1 heterocycles. The topological polar surface area (TPSA) is 67.9 Å². The normalized spacial score (nSPS) is 16.2. The Hall–Kier alpha value is -2.38. The van der Waals surface area contributed by atoms with Crippen molar-refractivity contribution in [3.63, 3.8) is 0 Å². The molecule has 2 aromatic carbocycles. The van der Waals surface area contributed by atoms with Gasteiger partial charge < -0.3 is 19.7 Å². The van der Waals surface area contributed by atoms with Gasteiger partial charge in [-0.3, -0.25) is 9.59 Å². The first-order chi connectivity index (χ1) is 13.5. The highest BCUT2D eigenvalue weighted by molar-refractivity contribution is 7.98. The van der Waals surface area contributed by atoms with Crippen molar-refractivity contribution in [2.75, 3.05) is 37.2 Å². The van der Waals surface area contributed by atoms with Crippen LogP contribution >= 0.6 is 23.4 Å². The van der Waals surface area contributed by atoms with E-state index < -0.39 is 5.92 Å². The summed E-state index contributed by atoms with van der Waals surface area (Å²) in [4.78, 5) is 27.9. The molecule has 28 heavy (non-hydrogen) atoms. The minimum Gasteiger partial charge on any atom is -0.493 e. The number of hydrogen-bond acceptors (Lipinski definition) is 5. The fourth-order valence-corrected chi connectivity index (χ4v) is 3.75. The minimum atomic E-state index is -0.463. The van der Waals surface area contributed by atoms with E-state index in [1.807, 2.05) is 30.5 Å². The van der Waals surface area contributed by atoms with E-state index in [9.17, 15) is 9.59 Å². The van der Waals surface area contributed by atoms with Gasteiger partial charge in [0.2, 0.25) is 11.8 Å². The fourth-order valence-electron chi connectivity index (χ4n) is 3.10. The van der Waals surface area contributed by atoms with E-state index in [4.69, 9.17) is 21.1 Å². The minimum absolute atomic E-state index is 0.0724. The van der Waals surface area contributed by atoms with Crippen LogP contribution in [0.15, 0.2) is 41.3 Å². The molecule has 1 unspecified atom stereocenters. The molecule has 1 aliphatic heterocycles. The molecule has 148 valence electrons. The summed E-state index contributed by atoms with van der Waals surface area (Å²) in [6, 6.07) is 10.9. The molecule has 6 nitrogen and oxygen atoms in total. The molecule has 1 fully saturated rings. The maximum atomic E-state index is 12.7. The van der Waals surface area contributed by atoms with Gasteiger partial charge in [0.15, 0.2) is 11.5 Å². The first-order valence-corrected chi connectivity index (χ1v) is 10.2. The third-order valence-electron chi connectivity index (χ3n) is 4.59. The zero-order valence-corrected chi connectivity index (χ0v) is 17.4. The van der Waals surface area contributed by atoms with Gasteiger partial charge in [0.25, 0.3) is 0 Å². The first-order valence-electron chi connectivity index (χ1n) is 8.63. The van der Waals surface area contributed by atoms with Gasteiger partial charge in [0, 0.05) is 35.7 Å². The molecule has 0 aliphatic carbocycles. The molecule has 3 rings (SSSR count). The number of anilines is 2. The van der Waals surface area contributed by atoms with Crippen LogP contribution in [-0.4, -0.2) is 38.8 Å². The fraction of sp³-hybridized carbons (Fsp3) is 0.300. The molecule has 2 amide bonds. The number of amides is 2. The lowest BCUT2D eigenvalue weighted by Crippen LogP contribution is -2.28. The molecule has 1 atom stereocenters. The Bertz CT molecular complexity index is 906. The molecule has 0 bridgehead atoms. The third-order valence-corrected chi connectivity index (χ3v) is 5.63. The zero-order chi connectivity index (χ0) is 20.3. The highest BCUT2D eigenvalue weighted by Gasteiger charge is 2.35. The molecule has 2 aromatic rings.